The normalized spacial score (nSPS) is 13.9. The first-order valence-electron chi connectivity index (χ1n) is 10.0. The summed E-state index contributed by atoms with van der Waals surface area (Å²) in [4.78, 5) is 39.8. The van der Waals surface area contributed by atoms with Crippen molar-refractivity contribution in [1.29, 1.82) is 0 Å². The van der Waals surface area contributed by atoms with Crippen LogP contribution in [-0.2, 0) is 9.59 Å². The SMILES string of the molecule is COc1cc(C(=O)N2CCN(C(=O)CCC(C)C)CC2)cc(OC)c1OCC(N)=O. The molecule has 0 aliphatic carbocycles. The van der Waals surface area contributed by atoms with Gasteiger partial charge in [0, 0.05) is 38.2 Å². The van der Waals surface area contributed by atoms with Gasteiger partial charge < -0.3 is 29.7 Å². The monoisotopic (exact) mass is 421 g/mol. The number of piperazine rings is 1. The lowest BCUT2D eigenvalue weighted by Crippen LogP contribution is -2.50. The summed E-state index contributed by atoms with van der Waals surface area (Å²) >= 11 is 0. The maximum Gasteiger partial charge on any atom is 0.255 e. The molecule has 0 atom stereocenters. The molecule has 0 radical (unpaired) electrons. The number of methoxy groups -OCH3 is 2. The van der Waals surface area contributed by atoms with Crippen molar-refractivity contribution in [3.8, 4) is 17.2 Å². The Kier molecular flexibility index (Phi) is 8.32. The van der Waals surface area contributed by atoms with Crippen LogP contribution in [0.5, 0.6) is 17.2 Å². The number of hydrogen-bond acceptors (Lipinski definition) is 6. The fourth-order valence-corrected chi connectivity index (χ4v) is 3.20. The van der Waals surface area contributed by atoms with Gasteiger partial charge in [0.05, 0.1) is 14.2 Å². The third kappa shape index (κ3) is 6.01. The van der Waals surface area contributed by atoms with E-state index in [4.69, 9.17) is 19.9 Å². The van der Waals surface area contributed by atoms with Gasteiger partial charge in [0.15, 0.2) is 18.1 Å². The lowest BCUT2D eigenvalue weighted by atomic mass is 10.1. The summed E-state index contributed by atoms with van der Waals surface area (Å²) in [6, 6.07) is 3.09. The predicted octanol–water partition coefficient (Wildman–Crippen LogP) is 1.29. The summed E-state index contributed by atoms with van der Waals surface area (Å²) in [6.45, 7) is 5.78. The molecule has 1 heterocycles. The standard InChI is InChI=1S/C21H31N3O6/c1-14(2)5-6-19(26)23-7-9-24(10-8-23)21(27)15-11-16(28-3)20(17(12-15)29-4)30-13-18(22)25/h11-12,14H,5-10,13H2,1-4H3,(H2,22,25). The van der Waals surface area contributed by atoms with Crippen molar-refractivity contribution in [1.82, 2.24) is 9.80 Å². The lowest BCUT2D eigenvalue weighted by molar-refractivity contribution is -0.133. The quantitative estimate of drug-likeness (QED) is 0.643. The van der Waals surface area contributed by atoms with E-state index in [0.717, 1.165) is 6.42 Å². The second-order valence-corrected chi connectivity index (χ2v) is 7.57. The molecule has 1 fully saturated rings. The summed E-state index contributed by atoms with van der Waals surface area (Å²) < 4.78 is 16.0. The molecule has 1 aliphatic heterocycles. The Hall–Kier alpha value is -2.97. The lowest BCUT2D eigenvalue weighted by Gasteiger charge is -2.35. The highest BCUT2D eigenvalue weighted by atomic mass is 16.5. The molecule has 2 N–H and O–H groups in total. The van der Waals surface area contributed by atoms with E-state index in [9.17, 15) is 14.4 Å². The molecule has 0 bridgehead atoms. The molecule has 30 heavy (non-hydrogen) atoms. The van der Waals surface area contributed by atoms with Gasteiger partial charge in [0.1, 0.15) is 0 Å². The average Bonchev–Trinajstić information content (AvgIpc) is 2.74. The van der Waals surface area contributed by atoms with Crippen LogP contribution < -0.4 is 19.9 Å². The van der Waals surface area contributed by atoms with E-state index in [-0.39, 0.29) is 35.7 Å². The van der Waals surface area contributed by atoms with Crippen molar-refractivity contribution in [3.63, 3.8) is 0 Å². The fraction of sp³-hybridized carbons (Fsp3) is 0.571. The molecule has 1 aliphatic rings. The van der Waals surface area contributed by atoms with Crippen LogP contribution in [0.15, 0.2) is 12.1 Å². The van der Waals surface area contributed by atoms with Gasteiger partial charge in [-0.1, -0.05) is 13.8 Å². The van der Waals surface area contributed by atoms with Crippen LogP contribution in [0.4, 0.5) is 0 Å². The molecule has 1 aromatic carbocycles. The van der Waals surface area contributed by atoms with E-state index in [1.54, 1.807) is 17.0 Å². The predicted molar refractivity (Wildman–Crippen MR) is 111 cm³/mol. The summed E-state index contributed by atoms with van der Waals surface area (Å²) in [7, 11) is 2.86. The largest absolute Gasteiger partial charge is 0.493 e. The number of nitrogens with two attached hydrogens (primary N) is 1. The first kappa shape index (κ1) is 23.3. The molecule has 9 nitrogen and oxygen atoms in total. The minimum atomic E-state index is -0.639. The van der Waals surface area contributed by atoms with Crippen molar-refractivity contribution < 1.29 is 28.6 Å². The van der Waals surface area contributed by atoms with Crippen LogP contribution in [0.3, 0.4) is 0 Å². The number of ether oxygens (including phenoxy) is 3. The zero-order valence-electron chi connectivity index (χ0n) is 18.1. The maximum absolute atomic E-state index is 13.0. The number of carbonyl (C=O) groups excluding carboxylic acids is 3. The Morgan fingerprint density at radius 1 is 1.00 bits per heavy atom. The zero-order valence-corrected chi connectivity index (χ0v) is 18.1. The van der Waals surface area contributed by atoms with E-state index in [0.29, 0.717) is 44.1 Å². The van der Waals surface area contributed by atoms with E-state index < -0.39 is 5.91 Å². The summed E-state index contributed by atoms with van der Waals surface area (Å²) in [5, 5.41) is 0. The number of primary amides is 1. The van der Waals surface area contributed by atoms with E-state index >= 15 is 0 Å². The van der Waals surface area contributed by atoms with E-state index in [1.807, 2.05) is 4.90 Å². The van der Waals surface area contributed by atoms with Crippen molar-refractivity contribution in [2.24, 2.45) is 11.7 Å². The van der Waals surface area contributed by atoms with Crippen molar-refractivity contribution in [2.45, 2.75) is 26.7 Å². The molecule has 0 spiro atoms. The highest BCUT2D eigenvalue weighted by Crippen LogP contribution is 2.39. The topological polar surface area (TPSA) is 111 Å². The molecule has 2 rings (SSSR count). The number of nitrogens with zero attached hydrogens (tertiary/aromatic N) is 2. The van der Waals surface area contributed by atoms with Gasteiger partial charge in [0.25, 0.3) is 11.8 Å². The number of carbonyl (C=O) groups is 3. The van der Waals surface area contributed by atoms with Gasteiger partial charge in [-0.3, -0.25) is 14.4 Å². The van der Waals surface area contributed by atoms with Gasteiger partial charge in [0.2, 0.25) is 11.7 Å². The fourth-order valence-electron chi connectivity index (χ4n) is 3.20. The van der Waals surface area contributed by atoms with Gasteiger partial charge in [-0.05, 0) is 24.5 Å². The average molecular weight is 421 g/mol. The van der Waals surface area contributed by atoms with Gasteiger partial charge in [-0.15, -0.1) is 0 Å². The van der Waals surface area contributed by atoms with Crippen molar-refractivity contribution >= 4 is 17.7 Å². The molecule has 0 aromatic heterocycles. The third-order valence-electron chi connectivity index (χ3n) is 4.92. The highest BCUT2D eigenvalue weighted by Gasteiger charge is 2.26. The Labute approximate surface area is 177 Å². The van der Waals surface area contributed by atoms with Crippen LogP contribution in [0.25, 0.3) is 0 Å². The number of rotatable bonds is 9. The zero-order chi connectivity index (χ0) is 22.3. The van der Waals surface area contributed by atoms with Gasteiger partial charge >= 0.3 is 0 Å². The molecule has 1 aromatic rings. The Morgan fingerprint density at radius 3 is 2.00 bits per heavy atom. The minimum Gasteiger partial charge on any atom is -0.493 e. The van der Waals surface area contributed by atoms with Gasteiger partial charge in [-0.2, -0.15) is 0 Å². The van der Waals surface area contributed by atoms with Crippen LogP contribution in [0, 0.1) is 5.92 Å². The molecule has 3 amide bonds. The second-order valence-electron chi connectivity index (χ2n) is 7.57. The minimum absolute atomic E-state index is 0.134. The Morgan fingerprint density at radius 2 is 1.53 bits per heavy atom. The molecule has 0 saturated carbocycles. The summed E-state index contributed by atoms with van der Waals surface area (Å²) in [5.74, 6) is 0.521. The summed E-state index contributed by atoms with van der Waals surface area (Å²) in [5.41, 5.74) is 5.50. The number of benzene rings is 1. The van der Waals surface area contributed by atoms with Gasteiger partial charge in [-0.25, -0.2) is 0 Å². The maximum atomic E-state index is 13.0. The molecule has 0 unspecified atom stereocenters. The van der Waals surface area contributed by atoms with Crippen LogP contribution in [0.1, 0.15) is 37.0 Å². The van der Waals surface area contributed by atoms with E-state index in [1.165, 1.54) is 14.2 Å². The number of amides is 3. The molecular formula is C21H31N3O6. The Bertz CT molecular complexity index is 747. The molecule has 9 heteroatoms. The number of hydrogen-bond donors (Lipinski definition) is 1. The first-order chi connectivity index (χ1) is 14.3. The first-order valence-corrected chi connectivity index (χ1v) is 10.0. The van der Waals surface area contributed by atoms with Crippen LogP contribution in [-0.4, -0.2) is 74.5 Å². The second kappa shape index (κ2) is 10.7. The molecule has 1 saturated heterocycles. The van der Waals surface area contributed by atoms with E-state index in [2.05, 4.69) is 13.8 Å². The van der Waals surface area contributed by atoms with Crippen molar-refractivity contribution in [3.05, 3.63) is 17.7 Å². The third-order valence-corrected chi connectivity index (χ3v) is 4.92. The molecular weight excluding hydrogens is 390 g/mol. The molecule has 166 valence electrons. The smallest absolute Gasteiger partial charge is 0.255 e. The van der Waals surface area contributed by atoms with Crippen LogP contribution in [0.2, 0.25) is 0 Å². The highest BCUT2D eigenvalue weighted by molar-refractivity contribution is 5.96. The van der Waals surface area contributed by atoms with Crippen LogP contribution >= 0.6 is 0 Å². The Balaban J connectivity index is 2.08. The van der Waals surface area contributed by atoms with Crippen molar-refractivity contribution in [2.75, 3.05) is 47.0 Å². The summed E-state index contributed by atoms with van der Waals surface area (Å²) in [6.07, 6.45) is 1.40.